The Hall–Kier alpha value is -1.36. The van der Waals surface area contributed by atoms with E-state index in [1.54, 1.807) is 0 Å². The number of carboxylic acid groups (broad SMARTS) is 2. The van der Waals surface area contributed by atoms with Gasteiger partial charge in [0.05, 0.1) is 11.5 Å². The summed E-state index contributed by atoms with van der Waals surface area (Å²) in [7, 11) is 0. The molecule has 0 saturated heterocycles. The molecule has 1 aromatic rings. The van der Waals surface area contributed by atoms with Crippen LogP contribution in [0.15, 0.2) is 24.3 Å². The van der Waals surface area contributed by atoms with Gasteiger partial charge in [0.1, 0.15) is 0 Å². The van der Waals surface area contributed by atoms with E-state index in [9.17, 15) is 14.7 Å². The molecule has 0 aliphatic heterocycles. The predicted octanol–water partition coefficient (Wildman–Crippen LogP) is -1.08. The van der Waals surface area contributed by atoms with E-state index in [-0.39, 0.29) is 33.7 Å². The molecule has 0 spiro atoms. The summed E-state index contributed by atoms with van der Waals surface area (Å²) in [6.07, 6.45) is 0. The van der Waals surface area contributed by atoms with Crippen LogP contribution in [0.4, 0.5) is 0 Å². The van der Waals surface area contributed by atoms with Gasteiger partial charge < -0.3 is 20.5 Å². The maximum atomic E-state index is 10.3. The van der Waals surface area contributed by atoms with Gasteiger partial charge in [0.2, 0.25) is 0 Å². The Morgan fingerprint density at radius 1 is 1.07 bits per heavy atom. The van der Waals surface area contributed by atoms with Crippen molar-refractivity contribution in [1.82, 2.24) is 0 Å². The van der Waals surface area contributed by atoms with Crippen LogP contribution < -0.4 is 5.11 Å². The molecule has 0 bridgehead atoms. The van der Waals surface area contributed by atoms with Crippen molar-refractivity contribution in [2.75, 3.05) is 0 Å². The number of aromatic carboxylic acids is 2. The Bertz CT molecular complexity index is 286. The first kappa shape index (κ1) is 15.1. The first-order chi connectivity index (χ1) is 5.61. The second kappa shape index (κ2) is 6.15. The van der Waals surface area contributed by atoms with Crippen LogP contribution >= 0.6 is 0 Å². The van der Waals surface area contributed by atoms with E-state index >= 15 is 0 Å². The third-order valence-electron chi connectivity index (χ3n) is 1.37. The smallest absolute Gasteiger partial charge is 0.335 e. The Balaban J connectivity index is 0. The van der Waals surface area contributed by atoms with Gasteiger partial charge in [0.25, 0.3) is 0 Å². The zero-order valence-electron chi connectivity index (χ0n) is 6.83. The molecule has 0 aliphatic rings. The summed E-state index contributed by atoms with van der Waals surface area (Å²) in [5, 5.41) is 18.7. The van der Waals surface area contributed by atoms with Crippen LogP contribution in [0.25, 0.3) is 0 Å². The van der Waals surface area contributed by atoms with Crippen LogP contribution in [-0.4, -0.2) is 22.5 Å². The molecule has 0 fully saturated rings. The van der Waals surface area contributed by atoms with Crippen molar-refractivity contribution >= 4 is 11.9 Å². The number of rotatable bonds is 2. The van der Waals surface area contributed by atoms with Crippen molar-refractivity contribution < 1.29 is 42.3 Å². The van der Waals surface area contributed by atoms with E-state index in [1.807, 2.05) is 0 Å². The normalized spacial score (nSPS) is 8.00. The van der Waals surface area contributed by atoms with Crippen molar-refractivity contribution in [2.24, 2.45) is 0 Å². The molecule has 14 heavy (non-hydrogen) atoms. The van der Waals surface area contributed by atoms with Crippen molar-refractivity contribution in [2.45, 2.75) is 0 Å². The number of carbonyl (C=O) groups excluding carboxylic acids is 1. The van der Waals surface area contributed by atoms with E-state index in [2.05, 4.69) is 0 Å². The number of carboxylic acids is 2. The topological polar surface area (TPSA) is 109 Å². The Kier molecular flexibility index (Phi) is 6.64. The molecule has 3 N–H and O–H groups in total. The molecule has 0 unspecified atom stereocenters. The number of benzene rings is 1. The van der Waals surface area contributed by atoms with E-state index < -0.39 is 11.9 Å². The molecule has 1 rings (SSSR count). The predicted molar refractivity (Wildman–Crippen MR) is 41.3 cm³/mol. The number of carbonyl (C=O) groups is 2. The molecule has 6 heteroatoms. The second-order valence-electron chi connectivity index (χ2n) is 2.17. The maximum absolute atomic E-state index is 10.3. The maximum Gasteiger partial charge on any atom is 0.335 e. The monoisotopic (exact) mass is 239 g/mol. The summed E-state index contributed by atoms with van der Waals surface area (Å²) in [6.45, 7) is 0. The van der Waals surface area contributed by atoms with Gasteiger partial charge in [-0.25, -0.2) is 4.79 Å². The van der Waals surface area contributed by atoms with Crippen LogP contribution in [-0.2, 0) is 17.1 Å². The minimum atomic E-state index is -1.31. The van der Waals surface area contributed by atoms with Crippen LogP contribution in [0.2, 0.25) is 0 Å². The second-order valence-corrected chi connectivity index (χ2v) is 2.17. The largest absolute Gasteiger partial charge is 0.545 e. The Morgan fingerprint density at radius 2 is 1.43 bits per heavy atom. The van der Waals surface area contributed by atoms with Crippen molar-refractivity contribution in [3.63, 3.8) is 0 Å². The summed E-state index contributed by atoms with van der Waals surface area (Å²) in [6, 6.07) is 4.82. The van der Waals surface area contributed by atoms with Crippen molar-refractivity contribution in [3.05, 3.63) is 35.4 Å². The average molecular weight is 239 g/mol. The van der Waals surface area contributed by atoms with Crippen LogP contribution in [0.5, 0.6) is 0 Å². The SMILES string of the molecule is O.O=C([O-])c1ccc(C(=O)O)cc1.[Fe]. The van der Waals surface area contributed by atoms with Gasteiger partial charge in [-0.2, -0.15) is 0 Å². The van der Waals surface area contributed by atoms with Crippen molar-refractivity contribution in [1.29, 1.82) is 0 Å². The Labute approximate surface area is 90.1 Å². The fourth-order valence-electron chi connectivity index (χ4n) is 0.749. The van der Waals surface area contributed by atoms with Gasteiger partial charge in [-0.15, -0.1) is 0 Å². The molecule has 0 radical (unpaired) electrons. The average Bonchev–Trinajstić information content (AvgIpc) is 2.04. The van der Waals surface area contributed by atoms with E-state index in [4.69, 9.17) is 5.11 Å². The summed E-state index contributed by atoms with van der Waals surface area (Å²) in [5.74, 6) is -2.40. The fraction of sp³-hybridized carbons (Fsp3) is 0. The van der Waals surface area contributed by atoms with Gasteiger partial charge in [-0.3, -0.25) is 0 Å². The van der Waals surface area contributed by atoms with E-state index in [1.165, 1.54) is 24.3 Å². The molecule has 0 aliphatic carbocycles. The summed E-state index contributed by atoms with van der Waals surface area (Å²) in [4.78, 5) is 20.5. The van der Waals surface area contributed by atoms with Crippen LogP contribution in [0.3, 0.4) is 0 Å². The molecule has 78 valence electrons. The number of hydrogen-bond donors (Lipinski definition) is 1. The minimum absolute atomic E-state index is 0. The molecule has 0 aromatic heterocycles. The van der Waals surface area contributed by atoms with Gasteiger partial charge >= 0.3 is 5.97 Å². The van der Waals surface area contributed by atoms with E-state index in [0.717, 1.165) is 0 Å². The number of hydrogen-bond acceptors (Lipinski definition) is 3. The first-order valence-electron chi connectivity index (χ1n) is 3.16. The van der Waals surface area contributed by atoms with E-state index in [0.29, 0.717) is 0 Å². The van der Waals surface area contributed by atoms with Crippen LogP contribution in [0.1, 0.15) is 20.7 Å². The zero-order chi connectivity index (χ0) is 9.14. The molecular weight excluding hydrogens is 232 g/mol. The molecule has 0 heterocycles. The molecular formula is C8H7FeO5-. The summed E-state index contributed by atoms with van der Waals surface area (Å²) < 4.78 is 0. The zero-order valence-corrected chi connectivity index (χ0v) is 7.94. The molecule has 0 atom stereocenters. The van der Waals surface area contributed by atoms with Crippen LogP contribution in [0, 0.1) is 0 Å². The minimum Gasteiger partial charge on any atom is -0.545 e. The fourth-order valence-corrected chi connectivity index (χ4v) is 0.749. The third kappa shape index (κ3) is 3.57. The Morgan fingerprint density at radius 3 is 1.71 bits per heavy atom. The van der Waals surface area contributed by atoms with Gasteiger partial charge in [-0.05, 0) is 17.7 Å². The summed E-state index contributed by atoms with van der Waals surface area (Å²) >= 11 is 0. The quantitative estimate of drug-likeness (QED) is 0.662. The van der Waals surface area contributed by atoms with Gasteiger partial charge in [0.15, 0.2) is 0 Å². The van der Waals surface area contributed by atoms with Gasteiger partial charge in [0, 0.05) is 17.1 Å². The standard InChI is InChI=1S/C8H6O4.Fe.H2O/c9-7(10)5-1-2-6(4-3-5)8(11)12;;/h1-4H,(H,9,10)(H,11,12);;1H2/p-1. The molecule has 0 saturated carbocycles. The summed E-state index contributed by atoms with van der Waals surface area (Å²) in [5.41, 5.74) is 0.0278. The molecule has 0 amide bonds. The van der Waals surface area contributed by atoms with Crippen molar-refractivity contribution in [3.8, 4) is 0 Å². The third-order valence-corrected chi connectivity index (χ3v) is 1.37. The first-order valence-corrected chi connectivity index (χ1v) is 3.16. The van der Waals surface area contributed by atoms with Gasteiger partial charge in [-0.1, -0.05) is 12.1 Å². The molecule has 1 aromatic carbocycles. The molecule has 5 nitrogen and oxygen atoms in total.